The van der Waals surface area contributed by atoms with Crippen molar-refractivity contribution in [2.24, 2.45) is 0 Å². The van der Waals surface area contributed by atoms with E-state index in [9.17, 15) is 9.59 Å². The standard InChI is InChI=1S/C19H22N4O2/c1-20-18(24)21-15-8-10-16(11-9-15)22-19(25)23-17-7-6-13-4-2-3-5-14(13)12-17/h2-5,8-11,17H,6-7,12H2,1H3,(H2,20,21,24)(H2,22,23,25)/t17-/m1/s1. The Bertz CT molecular complexity index is 758. The molecule has 0 heterocycles. The van der Waals surface area contributed by atoms with Gasteiger partial charge in [0.05, 0.1) is 0 Å². The number of urea groups is 2. The lowest BCUT2D eigenvalue weighted by Gasteiger charge is -2.25. The molecule has 0 radical (unpaired) electrons. The molecule has 0 saturated heterocycles. The number of amides is 4. The summed E-state index contributed by atoms with van der Waals surface area (Å²) in [4.78, 5) is 23.5. The number of benzene rings is 2. The summed E-state index contributed by atoms with van der Waals surface area (Å²) >= 11 is 0. The quantitative estimate of drug-likeness (QED) is 0.693. The fraction of sp³-hybridized carbons (Fsp3) is 0.263. The van der Waals surface area contributed by atoms with Gasteiger partial charge in [-0.2, -0.15) is 0 Å². The molecule has 2 aromatic carbocycles. The predicted molar refractivity (Wildman–Crippen MR) is 98.9 cm³/mol. The Morgan fingerprint density at radius 1 is 0.880 bits per heavy atom. The molecule has 1 aliphatic carbocycles. The first-order valence-corrected chi connectivity index (χ1v) is 8.37. The largest absolute Gasteiger partial charge is 0.341 e. The molecular weight excluding hydrogens is 316 g/mol. The second-order valence-electron chi connectivity index (χ2n) is 6.09. The summed E-state index contributed by atoms with van der Waals surface area (Å²) in [6.45, 7) is 0. The first kappa shape index (κ1) is 16.8. The summed E-state index contributed by atoms with van der Waals surface area (Å²) in [5, 5.41) is 11.0. The van der Waals surface area contributed by atoms with E-state index < -0.39 is 0 Å². The smallest absolute Gasteiger partial charge is 0.319 e. The summed E-state index contributed by atoms with van der Waals surface area (Å²) in [7, 11) is 1.55. The third kappa shape index (κ3) is 4.50. The Morgan fingerprint density at radius 3 is 2.12 bits per heavy atom. The Hall–Kier alpha value is -3.02. The zero-order valence-electron chi connectivity index (χ0n) is 14.1. The van der Waals surface area contributed by atoms with E-state index in [0.717, 1.165) is 19.3 Å². The van der Waals surface area contributed by atoms with Crippen LogP contribution in [0.2, 0.25) is 0 Å². The van der Waals surface area contributed by atoms with Gasteiger partial charge in [0.15, 0.2) is 0 Å². The van der Waals surface area contributed by atoms with Gasteiger partial charge in [0.25, 0.3) is 0 Å². The van der Waals surface area contributed by atoms with Gasteiger partial charge < -0.3 is 21.3 Å². The highest BCUT2D eigenvalue weighted by atomic mass is 16.2. The lowest BCUT2D eigenvalue weighted by Crippen LogP contribution is -2.41. The Morgan fingerprint density at radius 2 is 1.48 bits per heavy atom. The maximum absolute atomic E-state index is 12.2. The molecule has 1 atom stereocenters. The Labute approximate surface area is 147 Å². The molecule has 2 aromatic rings. The van der Waals surface area contributed by atoms with E-state index in [4.69, 9.17) is 0 Å². The minimum absolute atomic E-state index is 0.143. The second-order valence-corrected chi connectivity index (χ2v) is 6.09. The fourth-order valence-corrected chi connectivity index (χ4v) is 3.00. The summed E-state index contributed by atoms with van der Waals surface area (Å²) < 4.78 is 0. The second kappa shape index (κ2) is 7.70. The molecule has 1 aliphatic rings. The van der Waals surface area contributed by atoms with Crippen LogP contribution >= 0.6 is 0 Å². The summed E-state index contributed by atoms with van der Waals surface area (Å²) in [6, 6.07) is 15.0. The van der Waals surface area contributed by atoms with Crippen LogP contribution in [0.4, 0.5) is 21.0 Å². The van der Waals surface area contributed by atoms with E-state index in [2.05, 4.69) is 39.5 Å². The number of aryl methyl sites for hydroxylation is 1. The van der Waals surface area contributed by atoms with Crippen LogP contribution in [0.5, 0.6) is 0 Å². The van der Waals surface area contributed by atoms with E-state index >= 15 is 0 Å². The highest BCUT2D eigenvalue weighted by Crippen LogP contribution is 2.21. The van der Waals surface area contributed by atoms with Gasteiger partial charge in [-0.25, -0.2) is 9.59 Å². The van der Waals surface area contributed by atoms with Crippen molar-refractivity contribution in [3.05, 3.63) is 59.7 Å². The Kier molecular flexibility index (Phi) is 5.18. The minimum Gasteiger partial charge on any atom is -0.341 e. The van der Waals surface area contributed by atoms with Gasteiger partial charge in [-0.15, -0.1) is 0 Å². The number of carbonyl (C=O) groups excluding carboxylic acids is 2. The van der Waals surface area contributed by atoms with Crippen LogP contribution in [-0.4, -0.2) is 25.2 Å². The van der Waals surface area contributed by atoms with Gasteiger partial charge in [-0.1, -0.05) is 24.3 Å². The summed E-state index contributed by atoms with van der Waals surface area (Å²) in [5.41, 5.74) is 4.02. The molecular formula is C19H22N4O2. The van der Waals surface area contributed by atoms with E-state index in [1.54, 1.807) is 31.3 Å². The van der Waals surface area contributed by atoms with Crippen molar-refractivity contribution in [1.29, 1.82) is 0 Å². The molecule has 3 rings (SSSR count). The molecule has 25 heavy (non-hydrogen) atoms. The number of anilines is 2. The average molecular weight is 338 g/mol. The van der Waals surface area contributed by atoms with Gasteiger partial charge in [0.1, 0.15) is 0 Å². The molecule has 0 saturated carbocycles. The molecule has 0 aromatic heterocycles. The van der Waals surface area contributed by atoms with Crippen molar-refractivity contribution >= 4 is 23.4 Å². The molecule has 6 nitrogen and oxygen atoms in total. The molecule has 6 heteroatoms. The van der Waals surface area contributed by atoms with Crippen molar-refractivity contribution < 1.29 is 9.59 Å². The normalized spacial score (nSPS) is 15.6. The highest BCUT2D eigenvalue weighted by molar-refractivity contribution is 5.91. The number of carbonyl (C=O) groups is 2. The number of nitrogens with one attached hydrogen (secondary N) is 4. The van der Waals surface area contributed by atoms with Gasteiger partial charge in [-0.05, 0) is 54.7 Å². The molecule has 4 N–H and O–H groups in total. The predicted octanol–water partition coefficient (Wildman–Crippen LogP) is 3.12. The molecule has 0 bridgehead atoms. The van der Waals surface area contributed by atoms with Crippen LogP contribution < -0.4 is 21.3 Å². The number of hydrogen-bond donors (Lipinski definition) is 4. The number of fused-ring (bicyclic) bond motifs is 1. The van der Waals surface area contributed by atoms with Crippen molar-refractivity contribution in [3.63, 3.8) is 0 Å². The molecule has 0 spiro atoms. The fourth-order valence-electron chi connectivity index (χ4n) is 3.00. The van der Waals surface area contributed by atoms with Crippen LogP contribution in [-0.2, 0) is 12.8 Å². The van der Waals surface area contributed by atoms with Crippen LogP contribution in [0.25, 0.3) is 0 Å². The lowest BCUT2D eigenvalue weighted by molar-refractivity contribution is 0.247. The zero-order valence-corrected chi connectivity index (χ0v) is 14.1. The maximum atomic E-state index is 12.2. The van der Waals surface area contributed by atoms with Crippen molar-refractivity contribution in [3.8, 4) is 0 Å². The van der Waals surface area contributed by atoms with Gasteiger partial charge in [0, 0.05) is 24.5 Å². The molecule has 130 valence electrons. The van der Waals surface area contributed by atoms with Gasteiger partial charge in [0.2, 0.25) is 0 Å². The lowest BCUT2D eigenvalue weighted by atomic mass is 9.88. The van der Waals surface area contributed by atoms with Crippen LogP contribution in [0, 0.1) is 0 Å². The topological polar surface area (TPSA) is 82.3 Å². The Balaban J connectivity index is 1.52. The molecule has 0 fully saturated rings. The van der Waals surface area contributed by atoms with E-state index in [0.29, 0.717) is 11.4 Å². The molecule has 4 amide bonds. The maximum Gasteiger partial charge on any atom is 0.319 e. The summed E-state index contributed by atoms with van der Waals surface area (Å²) in [5.74, 6) is 0. The van der Waals surface area contributed by atoms with Crippen molar-refractivity contribution in [1.82, 2.24) is 10.6 Å². The monoisotopic (exact) mass is 338 g/mol. The van der Waals surface area contributed by atoms with Crippen molar-refractivity contribution in [2.45, 2.75) is 25.3 Å². The van der Waals surface area contributed by atoms with Crippen LogP contribution in [0.1, 0.15) is 17.5 Å². The third-order valence-corrected chi connectivity index (χ3v) is 4.31. The van der Waals surface area contributed by atoms with E-state index in [1.165, 1.54) is 11.1 Å². The SMILES string of the molecule is CNC(=O)Nc1ccc(NC(=O)N[C@@H]2CCc3ccccc3C2)cc1. The van der Waals surface area contributed by atoms with Gasteiger partial charge in [-0.3, -0.25) is 0 Å². The average Bonchev–Trinajstić information content (AvgIpc) is 2.63. The molecule has 0 aliphatic heterocycles. The first-order chi connectivity index (χ1) is 12.1. The summed E-state index contributed by atoms with van der Waals surface area (Å²) in [6.07, 6.45) is 2.79. The first-order valence-electron chi connectivity index (χ1n) is 8.37. The third-order valence-electron chi connectivity index (χ3n) is 4.31. The zero-order chi connectivity index (χ0) is 17.6. The van der Waals surface area contributed by atoms with Crippen molar-refractivity contribution in [2.75, 3.05) is 17.7 Å². The number of hydrogen-bond acceptors (Lipinski definition) is 2. The van der Waals surface area contributed by atoms with Crippen LogP contribution in [0.15, 0.2) is 48.5 Å². The minimum atomic E-state index is -0.281. The molecule has 0 unspecified atom stereocenters. The van der Waals surface area contributed by atoms with Gasteiger partial charge >= 0.3 is 12.1 Å². The highest BCUT2D eigenvalue weighted by Gasteiger charge is 2.19. The van der Waals surface area contributed by atoms with E-state index in [1.807, 2.05) is 6.07 Å². The number of rotatable bonds is 3. The van der Waals surface area contributed by atoms with E-state index in [-0.39, 0.29) is 18.1 Å². The van der Waals surface area contributed by atoms with Crippen LogP contribution in [0.3, 0.4) is 0 Å².